The molecule has 1 aromatic rings. The third kappa shape index (κ3) is 25.6. The summed E-state index contributed by atoms with van der Waals surface area (Å²) in [5.74, 6) is -0.866. The maximum atomic E-state index is 10.9. The van der Waals surface area contributed by atoms with Crippen molar-refractivity contribution in [3.63, 3.8) is 0 Å². The minimum absolute atomic E-state index is 0.346. The summed E-state index contributed by atoms with van der Waals surface area (Å²) in [5.41, 5.74) is 1.36. The van der Waals surface area contributed by atoms with Crippen LogP contribution < -0.4 is 5.32 Å². The summed E-state index contributed by atoms with van der Waals surface area (Å²) in [6, 6.07) is 13.7. The number of nitrogens with one attached hydrogen (secondary N) is 1. The molecule has 0 fully saturated rings. The first-order valence-electron chi connectivity index (χ1n) is 21.6. The van der Waals surface area contributed by atoms with Gasteiger partial charge < -0.3 is 10.4 Å². The lowest BCUT2D eigenvalue weighted by Gasteiger charge is -2.33. The van der Waals surface area contributed by atoms with Crippen molar-refractivity contribution in [1.82, 2.24) is 0 Å². The highest BCUT2D eigenvalue weighted by atomic mass is 28.3. The maximum absolute atomic E-state index is 10.9. The number of carboxylic acid groups (broad SMARTS) is 1. The van der Waals surface area contributed by atoms with Gasteiger partial charge >= 0.3 is 5.97 Å². The zero-order valence-corrected chi connectivity index (χ0v) is 33.7. The number of anilines is 1. The van der Waals surface area contributed by atoms with E-state index < -0.39 is 14.0 Å². The molecule has 0 heterocycles. The third-order valence-electron chi connectivity index (χ3n) is 11.0. The molecule has 0 bridgehead atoms. The molecule has 0 unspecified atom stereocenters. The standard InChI is InChI=1S/C44H83NO2Si/c1-4-7-10-29-38-48(39-30-11-8-5-2,40-31-12-9-6-3)41-32-27-25-23-21-19-17-15-13-14-16-18-20-22-24-26-28-37-45-43-35-33-42(34-36-43)44(46)47/h33-36,45H,4-32,37-41H2,1-3H3,(H,46,47). The SMILES string of the molecule is CCCCCC[Si](CCCCCC)(CCCCCC)CCCCCCCCCCCCCCCCCCCNc1ccc(C(=O)O)cc1. The molecule has 3 nitrogen and oxygen atoms in total. The van der Waals surface area contributed by atoms with E-state index in [0.29, 0.717) is 5.56 Å². The Labute approximate surface area is 301 Å². The van der Waals surface area contributed by atoms with Crippen LogP contribution in [0.25, 0.3) is 0 Å². The minimum atomic E-state index is -1.09. The van der Waals surface area contributed by atoms with Crippen LogP contribution in [0.3, 0.4) is 0 Å². The number of rotatable bonds is 37. The number of benzene rings is 1. The Hall–Kier alpha value is -1.29. The van der Waals surface area contributed by atoms with Gasteiger partial charge in [0.2, 0.25) is 0 Å². The predicted molar refractivity (Wildman–Crippen MR) is 218 cm³/mol. The highest BCUT2D eigenvalue weighted by Crippen LogP contribution is 2.35. The number of carboxylic acids is 1. The predicted octanol–water partition coefficient (Wildman–Crippen LogP) is 15.6. The van der Waals surface area contributed by atoms with Crippen molar-refractivity contribution in [2.24, 2.45) is 0 Å². The molecule has 0 aromatic heterocycles. The quantitative estimate of drug-likeness (QED) is 0.0541. The van der Waals surface area contributed by atoms with E-state index in [2.05, 4.69) is 26.1 Å². The molecule has 0 amide bonds. The van der Waals surface area contributed by atoms with Crippen LogP contribution in [-0.2, 0) is 0 Å². The van der Waals surface area contributed by atoms with Gasteiger partial charge in [-0.2, -0.15) is 0 Å². The molecule has 0 atom stereocenters. The first-order chi connectivity index (χ1) is 23.6. The second-order valence-corrected chi connectivity index (χ2v) is 20.5. The van der Waals surface area contributed by atoms with Crippen LogP contribution in [0.1, 0.15) is 217 Å². The van der Waals surface area contributed by atoms with E-state index in [1.807, 2.05) is 12.1 Å². The van der Waals surface area contributed by atoms with Crippen molar-refractivity contribution in [3.8, 4) is 0 Å². The fourth-order valence-corrected chi connectivity index (χ4v) is 13.3. The summed E-state index contributed by atoms with van der Waals surface area (Å²) in [6.45, 7) is 8.06. The summed E-state index contributed by atoms with van der Waals surface area (Å²) in [4.78, 5) is 10.9. The van der Waals surface area contributed by atoms with Gasteiger partial charge in [-0.05, 0) is 30.7 Å². The Morgan fingerprint density at radius 1 is 0.458 bits per heavy atom. The van der Waals surface area contributed by atoms with E-state index in [9.17, 15) is 4.79 Å². The molecule has 0 spiro atoms. The van der Waals surface area contributed by atoms with Crippen molar-refractivity contribution in [1.29, 1.82) is 0 Å². The molecule has 0 saturated carbocycles. The van der Waals surface area contributed by atoms with E-state index in [0.717, 1.165) is 12.2 Å². The molecule has 0 saturated heterocycles. The van der Waals surface area contributed by atoms with Crippen LogP contribution in [0.4, 0.5) is 5.69 Å². The summed E-state index contributed by atoms with van der Waals surface area (Å²) in [7, 11) is -1.09. The lowest BCUT2D eigenvalue weighted by Crippen LogP contribution is -2.34. The lowest BCUT2D eigenvalue weighted by molar-refractivity contribution is 0.0697. The molecule has 0 aliphatic rings. The van der Waals surface area contributed by atoms with E-state index in [4.69, 9.17) is 5.11 Å². The Balaban J connectivity index is 2.03. The maximum Gasteiger partial charge on any atom is 0.335 e. The van der Waals surface area contributed by atoms with E-state index in [-0.39, 0.29) is 0 Å². The Morgan fingerprint density at radius 2 is 0.750 bits per heavy atom. The lowest BCUT2D eigenvalue weighted by atomic mass is 10.0. The van der Waals surface area contributed by atoms with Crippen molar-refractivity contribution in [2.75, 3.05) is 11.9 Å². The van der Waals surface area contributed by atoms with Gasteiger partial charge in [0.15, 0.2) is 0 Å². The van der Waals surface area contributed by atoms with Gasteiger partial charge in [0.25, 0.3) is 0 Å². The number of hydrogen-bond acceptors (Lipinski definition) is 2. The fourth-order valence-electron chi connectivity index (χ4n) is 7.77. The Kier molecular flexibility index (Phi) is 30.6. The summed E-state index contributed by atoms with van der Waals surface area (Å²) < 4.78 is 0. The Morgan fingerprint density at radius 3 is 1.06 bits per heavy atom. The highest BCUT2D eigenvalue weighted by molar-refractivity contribution is 6.79. The van der Waals surface area contributed by atoms with E-state index >= 15 is 0 Å². The fraction of sp³-hybridized carbons (Fsp3) is 0.841. The molecule has 4 heteroatoms. The normalized spacial score (nSPS) is 11.7. The topological polar surface area (TPSA) is 49.3 Å². The first kappa shape index (κ1) is 44.7. The van der Waals surface area contributed by atoms with Crippen LogP contribution in [-0.4, -0.2) is 25.7 Å². The summed E-state index contributed by atoms with van der Waals surface area (Å²) >= 11 is 0. The van der Waals surface area contributed by atoms with Crippen molar-refractivity contribution >= 4 is 19.7 Å². The van der Waals surface area contributed by atoms with Crippen LogP contribution in [0.5, 0.6) is 0 Å². The van der Waals surface area contributed by atoms with Gasteiger partial charge in [0.05, 0.1) is 13.6 Å². The smallest absolute Gasteiger partial charge is 0.335 e. The molecular formula is C44H83NO2Si. The third-order valence-corrected chi connectivity index (χ3v) is 16.7. The minimum Gasteiger partial charge on any atom is -0.478 e. The van der Waals surface area contributed by atoms with Gasteiger partial charge in [-0.15, -0.1) is 0 Å². The van der Waals surface area contributed by atoms with E-state index in [1.165, 1.54) is 180 Å². The average Bonchev–Trinajstić information content (AvgIpc) is 3.09. The molecule has 0 radical (unpaired) electrons. The molecular weight excluding hydrogens is 603 g/mol. The van der Waals surface area contributed by atoms with E-state index in [1.54, 1.807) is 42.7 Å². The zero-order chi connectivity index (χ0) is 34.8. The summed E-state index contributed by atoms with van der Waals surface area (Å²) in [5, 5.41) is 12.4. The molecule has 0 aliphatic heterocycles. The van der Waals surface area contributed by atoms with Crippen molar-refractivity contribution < 1.29 is 9.90 Å². The second-order valence-electron chi connectivity index (χ2n) is 15.5. The van der Waals surface area contributed by atoms with Crippen molar-refractivity contribution in [2.45, 2.75) is 231 Å². The zero-order valence-electron chi connectivity index (χ0n) is 32.7. The average molecular weight is 686 g/mol. The molecule has 1 aromatic carbocycles. The first-order valence-corrected chi connectivity index (χ1v) is 24.5. The van der Waals surface area contributed by atoms with Gasteiger partial charge in [-0.1, -0.05) is 225 Å². The number of carbonyl (C=O) groups is 1. The molecule has 1 rings (SSSR count). The van der Waals surface area contributed by atoms with Gasteiger partial charge in [-0.3, -0.25) is 0 Å². The van der Waals surface area contributed by atoms with Gasteiger partial charge in [0, 0.05) is 12.2 Å². The van der Waals surface area contributed by atoms with Crippen LogP contribution >= 0.6 is 0 Å². The molecule has 2 N–H and O–H groups in total. The summed E-state index contributed by atoms with van der Waals surface area (Å²) in [6.07, 6.45) is 41.7. The monoisotopic (exact) mass is 686 g/mol. The molecule has 0 aliphatic carbocycles. The van der Waals surface area contributed by atoms with Crippen LogP contribution in [0.15, 0.2) is 24.3 Å². The van der Waals surface area contributed by atoms with Crippen LogP contribution in [0.2, 0.25) is 24.2 Å². The number of aromatic carboxylic acids is 1. The second kappa shape index (κ2) is 32.9. The van der Waals surface area contributed by atoms with Gasteiger partial charge in [-0.25, -0.2) is 4.79 Å². The molecule has 48 heavy (non-hydrogen) atoms. The highest BCUT2D eigenvalue weighted by Gasteiger charge is 2.30. The number of unbranched alkanes of at least 4 members (excludes halogenated alkanes) is 25. The molecule has 280 valence electrons. The van der Waals surface area contributed by atoms with Crippen molar-refractivity contribution in [3.05, 3.63) is 29.8 Å². The van der Waals surface area contributed by atoms with Gasteiger partial charge in [0.1, 0.15) is 0 Å². The Bertz CT molecular complexity index is 794. The largest absolute Gasteiger partial charge is 0.478 e. The number of hydrogen-bond donors (Lipinski definition) is 2. The van der Waals surface area contributed by atoms with Crippen LogP contribution in [0, 0.1) is 0 Å².